The molecule has 2 N–H and O–H groups in total. The van der Waals surface area contributed by atoms with E-state index in [0.29, 0.717) is 18.0 Å². The fraction of sp³-hybridized carbons (Fsp3) is 0.235. The van der Waals surface area contributed by atoms with Gasteiger partial charge < -0.3 is 15.4 Å². The second-order valence-electron chi connectivity index (χ2n) is 4.82. The quantitative estimate of drug-likeness (QED) is 0.884. The van der Waals surface area contributed by atoms with E-state index in [4.69, 9.17) is 4.74 Å². The predicted molar refractivity (Wildman–Crippen MR) is 84.9 cm³/mol. The molecule has 21 heavy (non-hydrogen) atoms. The van der Waals surface area contributed by atoms with Crippen molar-refractivity contribution in [3.63, 3.8) is 0 Å². The van der Waals surface area contributed by atoms with Crippen molar-refractivity contribution < 1.29 is 9.53 Å². The van der Waals surface area contributed by atoms with Crippen LogP contribution in [0.25, 0.3) is 0 Å². The van der Waals surface area contributed by atoms with Gasteiger partial charge in [0.15, 0.2) is 0 Å². The summed E-state index contributed by atoms with van der Waals surface area (Å²) in [5.41, 5.74) is 3.10. The molecule has 2 aromatic carbocycles. The molecular formula is C17H20N2O2. The summed E-state index contributed by atoms with van der Waals surface area (Å²) < 4.78 is 5.19. The Morgan fingerprint density at radius 2 is 1.95 bits per heavy atom. The van der Waals surface area contributed by atoms with Crippen LogP contribution in [0, 0.1) is 6.92 Å². The first kappa shape index (κ1) is 14.9. The van der Waals surface area contributed by atoms with Crippen molar-refractivity contribution in [3.05, 3.63) is 59.7 Å². The minimum Gasteiger partial charge on any atom is -0.495 e. The number of methoxy groups -OCH3 is 1. The van der Waals surface area contributed by atoms with E-state index in [1.807, 2.05) is 24.3 Å². The van der Waals surface area contributed by atoms with Gasteiger partial charge in [0.05, 0.1) is 12.8 Å². The first-order chi connectivity index (χ1) is 10.2. The van der Waals surface area contributed by atoms with E-state index in [1.54, 1.807) is 13.2 Å². The molecule has 0 aliphatic heterocycles. The van der Waals surface area contributed by atoms with Crippen LogP contribution < -0.4 is 15.4 Å². The number of urea groups is 1. The molecule has 0 aliphatic rings. The molecule has 0 saturated heterocycles. The van der Waals surface area contributed by atoms with Crippen molar-refractivity contribution >= 4 is 11.7 Å². The molecule has 0 heterocycles. The predicted octanol–water partition coefficient (Wildman–Crippen LogP) is 3.37. The molecule has 110 valence electrons. The fourth-order valence-corrected chi connectivity index (χ4v) is 2.10. The molecule has 0 fully saturated rings. The summed E-state index contributed by atoms with van der Waals surface area (Å²) >= 11 is 0. The van der Waals surface area contributed by atoms with Crippen molar-refractivity contribution in [2.75, 3.05) is 19.0 Å². The molecule has 0 aliphatic carbocycles. The number of carbonyl (C=O) groups excluding carboxylic acids is 1. The van der Waals surface area contributed by atoms with Crippen LogP contribution in [-0.4, -0.2) is 19.7 Å². The maximum Gasteiger partial charge on any atom is 0.319 e. The normalized spacial score (nSPS) is 10.0. The molecule has 2 aromatic rings. The van der Waals surface area contributed by atoms with Gasteiger partial charge in [0, 0.05) is 6.54 Å². The number of amides is 2. The molecule has 0 saturated carbocycles. The number of benzene rings is 2. The second-order valence-corrected chi connectivity index (χ2v) is 4.82. The van der Waals surface area contributed by atoms with E-state index in [0.717, 1.165) is 6.42 Å². The lowest BCUT2D eigenvalue weighted by Crippen LogP contribution is -2.30. The SMILES string of the molecule is COc1ccccc1NC(=O)NCCc1cccc(C)c1. The van der Waals surface area contributed by atoms with Crippen molar-refractivity contribution in [3.8, 4) is 5.75 Å². The Balaban J connectivity index is 1.82. The van der Waals surface area contributed by atoms with Gasteiger partial charge >= 0.3 is 6.03 Å². The van der Waals surface area contributed by atoms with Gasteiger partial charge in [0.1, 0.15) is 5.75 Å². The lowest BCUT2D eigenvalue weighted by atomic mass is 10.1. The number of nitrogens with one attached hydrogen (secondary N) is 2. The van der Waals surface area contributed by atoms with Crippen LogP contribution in [-0.2, 0) is 6.42 Å². The summed E-state index contributed by atoms with van der Waals surface area (Å²) in [7, 11) is 1.58. The van der Waals surface area contributed by atoms with Gasteiger partial charge in [-0.1, -0.05) is 42.0 Å². The highest BCUT2D eigenvalue weighted by molar-refractivity contribution is 5.90. The van der Waals surface area contributed by atoms with E-state index >= 15 is 0 Å². The highest BCUT2D eigenvalue weighted by atomic mass is 16.5. The summed E-state index contributed by atoms with van der Waals surface area (Å²) in [6.45, 7) is 2.65. The average molecular weight is 284 g/mol. The summed E-state index contributed by atoms with van der Waals surface area (Å²) in [6, 6.07) is 15.4. The summed E-state index contributed by atoms with van der Waals surface area (Å²) in [5.74, 6) is 0.645. The fourth-order valence-electron chi connectivity index (χ4n) is 2.10. The molecule has 4 nitrogen and oxygen atoms in total. The van der Waals surface area contributed by atoms with Crippen molar-refractivity contribution in [2.45, 2.75) is 13.3 Å². The van der Waals surface area contributed by atoms with E-state index in [-0.39, 0.29) is 6.03 Å². The van der Waals surface area contributed by atoms with Crippen LogP contribution in [0.1, 0.15) is 11.1 Å². The third-order valence-corrected chi connectivity index (χ3v) is 3.14. The van der Waals surface area contributed by atoms with Crippen molar-refractivity contribution in [2.24, 2.45) is 0 Å². The largest absolute Gasteiger partial charge is 0.495 e. The molecule has 0 spiro atoms. The zero-order valence-electron chi connectivity index (χ0n) is 12.3. The molecule has 2 rings (SSSR count). The Kier molecular flexibility index (Phi) is 5.21. The standard InChI is InChI=1S/C17H20N2O2/c1-13-6-5-7-14(12-13)10-11-18-17(20)19-15-8-3-4-9-16(15)21-2/h3-9,12H,10-11H2,1-2H3,(H2,18,19,20). The summed E-state index contributed by atoms with van der Waals surface area (Å²) in [5, 5.41) is 5.63. The van der Waals surface area contributed by atoms with E-state index in [2.05, 4.69) is 35.8 Å². The van der Waals surface area contributed by atoms with E-state index in [1.165, 1.54) is 11.1 Å². The van der Waals surface area contributed by atoms with Gasteiger partial charge in [0.2, 0.25) is 0 Å². The molecule has 0 bridgehead atoms. The Bertz CT molecular complexity index is 611. The third kappa shape index (κ3) is 4.53. The lowest BCUT2D eigenvalue weighted by molar-refractivity contribution is 0.252. The summed E-state index contributed by atoms with van der Waals surface area (Å²) in [6.07, 6.45) is 0.807. The smallest absolute Gasteiger partial charge is 0.319 e. The Labute approximate surface area is 125 Å². The van der Waals surface area contributed by atoms with Gasteiger partial charge in [-0.05, 0) is 31.0 Å². The highest BCUT2D eigenvalue weighted by Crippen LogP contribution is 2.22. The minimum absolute atomic E-state index is 0.229. The monoisotopic (exact) mass is 284 g/mol. The maximum atomic E-state index is 11.9. The van der Waals surface area contributed by atoms with Gasteiger partial charge in [-0.3, -0.25) is 0 Å². The zero-order chi connectivity index (χ0) is 15.1. The Hall–Kier alpha value is -2.49. The number of ether oxygens (including phenoxy) is 1. The number of rotatable bonds is 5. The van der Waals surface area contributed by atoms with Crippen molar-refractivity contribution in [1.82, 2.24) is 5.32 Å². The molecule has 0 aromatic heterocycles. The van der Waals surface area contributed by atoms with Crippen LogP contribution in [0.3, 0.4) is 0 Å². The molecule has 0 unspecified atom stereocenters. The number of aryl methyl sites for hydroxylation is 1. The van der Waals surface area contributed by atoms with Crippen LogP contribution in [0.15, 0.2) is 48.5 Å². The maximum absolute atomic E-state index is 11.9. The van der Waals surface area contributed by atoms with Gasteiger partial charge in [-0.2, -0.15) is 0 Å². The lowest BCUT2D eigenvalue weighted by Gasteiger charge is -2.11. The second kappa shape index (κ2) is 7.33. The number of para-hydroxylation sites is 2. The number of hydrogen-bond acceptors (Lipinski definition) is 2. The van der Waals surface area contributed by atoms with E-state index < -0.39 is 0 Å². The van der Waals surface area contributed by atoms with E-state index in [9.17, 15) is 4.79 Å². The minimum atomic E-state index is -0.229. The molecule has 2 amide bonds. The highest BCUT2D eigenvalue weighted by Gasteiger charge is 2.05. The van der Waals surface area contributed by atoms with Crippen LogP contribution in [0.5, 0.6) is 5.75 Å². The number of carbonyl (C=O) groups is 1. The molecule has 0 atom stereocenters. The number of anilines is 1. The van der Waals surface area contributed by atoms with Crippen LogP contribution in [0.4, 0.5) is 10.5 Å². The Morgan fingerprint density at radius 3 is 2.71 bits per heavy atom. The first-order valence-electron chi connectivity index (χ1n) is 6.92. The van der Waals surface area contributed by atoms with Crippen molar-refractivity contribution in [1.29, 1.82) is 0 Å². The molecule has 4 heteroatoms. The van der Waals surface area contributed by atoms with Gasteiger partial charge in [0.25, 0.3) is 0 Å². The third-order valence-electron chi connectivity index (χ3n) is 3.14. The number of hydrogen-bond donors (Lipinski definition) is 2. The topological polar surface area (TPSA) is 50.4 Å². The Morgan fingerprint density at radius 1 is 1.14 bits per heavy atom. The average Bonchev–Trinajstić information content (AvgIpc) is 2.48. The first-order valence-corrected chi connectivity index (χ1v) is 6.92. The molecule has 0 radical (unpaired) electrons. The van der Waals surface area contributed by atoms with Gasteiger partial charge in [-0.15, -0.1) is 0 Å². The molecular weight excluding hydrogens is 264 g/mol. The zero-order valence-corrected chi connectivity index (χ0v) is 12.3. The van der Waals surface area contributed by atoms with Crippen LogP contribution in [0.2, 0.25) is 0 Å². The summed E-state index contributed by atoms with van der Waals surface area (Å²) in [4.78, 5) is 11.9. The van der Waals surface area contributed by atoms with Gasteiger partial charge in [-0.25, -0.2) is 4.79 Å². The van der Waals surface area contributed by atoms with Crippen LogP contribution >= 0.6 is 0 Å².